The first-order chi connectivity index (χ1) is 10.0. The van der Waals surface area contributed by atoms with Gasteiger partial charge in [0.15, 0.2) is 0 Å². The number of nitrogens with one attached hydrogen (secondary N) is 1. The number of fused-ring (bicyclic) bond motifs is 1. The fourth-order valence-electron chi connectivity index (χ4n) is 2.57. The molecule has 5 nitrogen and oxygen atoms in total. The molecule has 0 radical (unpaired) electrons. The minimum Gasteiger partial charge on any atom is -0.312 e. The standard InChI is InChI=1S/C15H14FN3O2/c1-3-18-9(2)14-12(8-13(18)20)17-19(15(14)21)11-6-4-10(16)5-7-11/h4-8,17H,3H2,1-2H3. The number of rotatable bonds is 2. The van der Waals surface area contributed by atoms with Crippen LogP contribution in [0.2, 0.25) is 0 Å². The van der Waals surface area contributed by atoms with Crippen molar-refractivity contribution in [1.29, 1.82) is 0 Å². The van der Waals surface area contributed by atoms with Crippen LogP contribution in [-0.4, -0.2) is 14.3 Å². The van der Waals surface area contributed by atoms with Crippen molar-refractivity contribution < 1.29 is 4.39 Å². The molecule has 0 spiro atoms. The van der Waals surface area contributed by atoms with Gasteiger partial charge in [-0.3, -0.25) is 14.7 Å². The SMILES string of the molecule is CCn1c(C)c2c(=O)n(-c3ccc(F)cc3)[nH]c2cc1=O. The number of benzene rings is 1. The van der Waals surface area contributed by atoms with Crippen LogP contribution >= 0.6 is 0 Å². The number of hydrogen-bond acceptors (Lipinski definition) is 2. The van der Waals surface area contributed by atoms with Crippen LogP contribution in [0.3, 0.4) is 0 Å². The quantitative estimate of drug-likeness (QED) is 0.783. The minimum absolute atomic E-state index is 0.157. The third-order valence-electron chi connectivity index (χ3n) is 3.62. The first-order valence-corrected chi connectivity index (χ1v) is 6.64. The smallest absolute Gasteiger partial charge is 0.280 e. The molecule has 0 saturated heterocycles. The molecule has 1 N–H and O–H groups in total. The maximum atomic E-state index is 13.0. The van der Waals surface area contributed by atoms with Crippen LogP contribution in [0, 0.1) is 12.7 Å². The number of aryl methyl sites for hydroxylation is 1. The van der Waals surface area contributed by atoms with Crippen molar-refractivity contribution in [1.82, 2.24) is 14.3 Å². The fraction of sp³-hybridized carbons (Fsp3) is 0.200. The zero-order chi connectivity index (χ0) is 15.1. The van der Waals surface area contributed by atoms with E-state index in [1.54, 1.807) is 11.5 Å². The van der Waals surface area contributed by atoms with Crippen LogP contribution in [0.15, 0.2) is 39.9 Å². The lowest BCUT2D eigenvalue weighted by atomic mass is 10.2. The van der Waals surface area contributed by atoms with Gasteiger partial charge in [0.25, 0.3) is 11.1 Å². The highest BCUT2D eigenvalue weighted by Gasteiger charge is 2.14. The molecule has 3 aromatic rings. The van der Waals surface area contributed by atoms with Gasteiger partial charge in [-0.25, -0.2) is 9.07 Å². The number of hydrogen-bond donors (Lipinski definition) is 1. The van der Waals surface area contributed by atoms with Gasteiger partial charge in [-0.2, -0.15) is 0 Å². The number of nitrogens with zero attached hydrogens (tertiary/aromatic N) is 2. The van der Waals surface area contributed by atoms with Crippen molar-refractivity contribution in [3.8, 4) is 5.69 Å². The Bertz CT molecular complexity index is 932. The average molecular weight is 287 g/mol. The Morgan fingerprint density at radius 1 is 1.19 bits per heavy atom. The first-order valence-electron chi connectivity index (χ1n) is 6.64. The molecule has 21 heavy (non-hydrogen) atoms. The van der Waals surface area contributed by atoms with Crippen LogP contribution < -0.4 is 11.1 Å². The molecule has 2 heterocycles. The Kier molecular flexibility index (Phi) is 3.01. The van der Waals surface area contributed by atoms with E-state index in [0.29, 0.717) is 28.8 Å². The number of aromatic amines is 1. The van der Waals surface area contributed by atoms with Gasteiger partial charge in [0.05, 0.1) is 16.6 Å². The fourth-order valence-corrected chi connectivity index (χ4v) is 2.57. The van der Waals surface area contributed by atoms with Gasteiger partial charge in [0, 0.05) is 18.3 Å². The molecular weight excluding hydrogens is 273 g/mol. The third-order valence-corrected chi connectivity index (χ3v) is 3.62. The van der Waals surface area contributed by atoms with Crippen molar-refractivity contribution in [3.63, 3.8) is 0 Å². The van der Waals surface area contributed by atoms with E-state index in [9.17, 15) is 14.0 Å². The lowest BCUT2D eigenvalue weighted by Crippen LogP contribution is -2.22. The second-order valence-electron chi connectivity index (χ2n) is 4.83. The van der Waals surface area contributed by atoms with Gasteiger partial charge in [-0.15, -0.1) is 0 Å². The highest BCUT2D eigenvalue weighted by Crippen LogP contribution is 2.13. The van der Waals surface area contributed by atoms with E-state index in [4.69, 9.17) is 0 Å². The normalized spacial score (nSPS) is 11.2. The van der Waals surface area contributed by atoms with Crippen LogP contribution in [0.4, 0.5) is 4.39 Å². The third kappa shape index (κ3) is 1.99. The molecule has 0 atom stereocenters. The van der Waals surface area contributed by atoms with Gasteiger partial charge in [0.2, 0.25) is 0 Å². The van der Waals surface area contributed by atoms with E-state index in [1.807, 2.05) is 6.92 Å². The topological polar surface area (TPSA) is 59.8 Å². The summed E-state index contributed by atoms with van der Waals surface area (Å²) >= 11 is 0. The summed E-state index contributed by atoms with van der Waals surface area (Å²) in [5.74, 6) is -0.371. The molecule has 0 amide bonds. The summed E-state index contributed by atoms with van der Waals surface area (Å²) < 4.78 is 15.8. The summed E-state index contributed by atoms with van der Waals surface area (Å²) in [5, 5.41) is 3.37. The van der Waals surface area contributed by atoms with Crippen LogP contribution in [-0.2, 0) is 6.54 Å². The van der Waals surface area contributed by atoms with Crippen LogP contribution in [0.1, 0.15) is 12.6 Å². The van der Waals surface area contributed by atoms with Gasteiger partial charge in [-0.1, -0.05) is 0 Å². The predicted molar refractivity (Wildman–Crippen MR) is 78.5 cm³/mol. The Hall–Kier alpha value is -2.63. The first kappa shape index (κ1) is 13.4. The number of H-pyrrole nitrogens is 1. The molecule has 0 aliphatic carbocycles. The maximum absolute atomic E-state index is 13.0. The lowest BCUT2D eigenvalue weighted by Gasteiger charge is -2.05. The minimum atomic E-state index is -0.371. The molecule has 2 aromatic heterocycles. The van der Waals surface area contributed by atoms with E-state index in [2.05, 4.69) is 5.10 Å². The summed E-state index contributed by atoms with van der Waals surface area (Å²) in [7, 11) is 0. The van der Waals surface area contributed by atoms with Crippen molar-refractivity contribution in [2.75, 3.05) is 0 Å². The predicted octanol–water partition coefficient (Wildman–Crippen LogP) is 1.95. The molecule has 108 valence electrons. The van der Waals surface area contributed by atoms with Crippen molar-refractivity contribution >= 4 is 10.9 Å². The Balaban J connectivity index is 2.35. The summed E-state index contributed by atoms with van der Waals surface area (Å²) in [6, 6.07) is 6.99. The molecular formula is C15H14FN3O2. The van der Waals surface area contributed by atoms with Crippen molar-refractivity contribution in [2.24, 2.45) is 0 Å². The second kappa shape index (κ2) is 4.73. The largest absolute Gasteiger partial charge is 0.312 e. The monoisotopic (exact) mass is 287 g/mol. The highest BCUT2D eigenvalue weighted by atomic mass is 19.1. The molecule has 1 aromatic carbocycles. The average Bonchev–Trinajstić information content (AvgIpc) is 2.77. The molecule has 0 fully saturated rings. The van der Waals surface area contributed by atoms with E-state index >= 15 is 0 Å². The van der Waals surface area contributed by atoms with Gasteiger partial charge < -0.3 is 4.57 Å². The maximum Gasteiger partial charge on any atom is 0.280 e. The molecule has 0 aliphatic rings. The number of aromatic nitrogens is 3. The zero-order valence-electron chi connectivity index (χ0n) is 11.7. The second-order valence-corrected chi connectivity index (χ2v) is 4.83. The number of halogens is 1. The van der Waals surface area contributed by atoms with Crippen molar-refractivity contribution in [3.05, 3.63) is 62.6 Å². The van der Waals surface area contributed by atoms with Crippen LogP contribution in [0.25, 0.3) is 16.6 Å². The van der Waals surface area contributed by atoms with E-state index in [-0.39, 0.29) is 16.9 Å². The molecule has 0 saturated carbocycles. The van der Waals surface area contributed by atoms with E-state index < -0.39 is 0 Å². The summed E-state index contributed by atoms with van der Waals surface area (Å²) in [6.07, 6.45) is 0. The Labute approximate surface area is 119 Å². The molecule has 0 bridgehead atoms. The van der Waals surface area contributed by atoms with Crippen molar-refractivity contribution in [2.45, 2.75) is 20.4 Å². The van der Waals surface area contributed by atoms with Gasteiger partial charge in [0.1, 0.15) is 5.82 Å². The van der Waals surface area contributed by atoms with E-state index in [1.165, 1.54) is 35.0 Å². The highest BCUT2D eigenvalue weighted by molar-refractivity contribution is 5.80. The molecule has 0 unspecified atom stereocenters. The van der Waals surface area contributed by atoms with Crippen LogP contribution in [0.5, 0.6) is 0 Å². The lowest BCUT2D eigenvalue weighted by molar-refractivity contribution is 0.627. The van der Waals surface area contributed by atoms with Gasteiger partial charge >= 0.3 is 0 Å². The zero-order valence-corrected chi connectivity index (χ0v) is 11.7. The van der Waals surface area contributed by atoms with Gasteiger partial charge in [-0.05, 0) is 38.1 Å². The summed E-state index contributed by atoms with van der Waals surface area (Å²) in [4.78, 5) is 24.5. The van der Waals surface area contributed by atoms with E-state index in [0.717, 1.165) is 0 Å². The molecule has 6 heteroatoms. The Morgan fingerprint density at radius 2 is 1.86 bits per heavy atom. The number of pyridine rings is 1. The Morgan fingerprint density at radius 3 is 2.48 bits per heavy atom. The molecule has 0 aliphatic heterocycles. The molecule has 3 rings (SSSR count). The summed E-state index contributed by atoms with van der Waals surface area (Å²) in [5.41, 5.74) is 1.22. The summed E-state index contributed by atoms with van der Waals surface area (Å²) in [6.45, 7) is 4.10.